The Hall–Kier alpha value is -1.30. The fraction of sp³-hybridized carbons (Fsp3) is 0.400. The van der Waals surface area contributed by atoms with Crippen molar-refractivity contribution in [3.05, 3.63) is 29.6 Å². The zero-order chi connectivity index (χ0) is 12.5. The molecule has 90 valence electrons. The Kier molecular flexibility index (Phi) is 3.42. The molecule has 0 saturated heterocycles. The molecule has 1 aromatic carbocycles. The van der Waals surface area contributed by atoms with E-state index < -0.39 is 23.7 Å². The predicted octanol–water partition coefficient (Wildman–Crippen LogP) is 2.49. The number of nitrogens with zero attached hydrogens (tertiary/aromatic N) is 1. The van der Waals surface area contributed by atoms with Crippen LogP contribution in [0.3, 0.4) is 0 Å². The highest BCUT2D eigenvalue weighted by atomic mass is 19.4. The number of anilines is 1. The van der Waals surface area contributed by atoms with Crippen molar-refractivity contribution in [1.29, 1.82) is 0 Å². The quantitative estimate of drug-likeness (QED) is 0.799. The fourth-order valence-corrected chi connectivity index (χ4v) is 1.24. The van der Waals surface area contributed by atoms with Crippen molar-refractivity contribution in [3.63, 3.8) is 0 Å². The van der Waals surface area contributed by atoms with Crippen molar-refractivity contribution in [2.75, 3.05) is 19.0 Å². The van der Waals surface area contributed by atoms with Crippen LogP contribution in [0.1, 0.15) is 11.7 Å². The molecular formula is C10H11F4NO. The molecule has 1 aromatic rings. The van der Waals surface area contributed by atoms with Crippen LogP contribution in [0.4, 0.5) is 23.2 Å². The largest absolute Gasteiger partial charge is 0.418 e. The highest BCUT2D eigenvalue weighted by Crippen LogP contribution is 2.33. The molecule has 0 bridgehead atoms. The van der Waals surface area contributed by atoms with Gasteiger partial charge in [-0.05, 0) is 17.7 Å². The summed E-state index contributed by atoms with van der Waals surface area (Å²) in [7, 11) is 3.14. The molecule has 0 aliphatic heterocycles. The lowest BCUT2D eigenvalue weighted by Gasteiger charge is -2.18. The van der Waals surface area contributed by atoms with E-state index in [2.05, 4.69) is 0 Å². The van der Waals surface area contributed by atoms with E-state index in [9.17, 15) is 17.6 Å². The van der Waals surface area contributed by atoms with E-state index in [1.54, 1.807) is 14.1 Å². The first kappa shape index (κ1) is 12.8. The van der Waals surface area contributed by atoms with Gasteiger partial charge in [-0.1, -0.05) is 6.07 Å². The number of hydrogen-bond acceptors (Lipinski definition) is 2. The van der Waals surface area contributed by atoms with Gasteiger partial charge in [0.05, 0.1) is 5.69 Å². The lowest BCUT2D eigenvalue weighted by molar-refractivity contribution is -0.206. The van der Waals surface area contributed by atoms with Crippen molar-refractivity contribution in [3.8, 4) is 0 Å². The standard InChI is InChI=1S/C10H11F4NO/c1-15(2)8-4-3-6(5-7(8)11)9(16)10(12,13)14/h3-5,9,16H,1-2H3/t9-/m1/s1. The van der Waals surface area contributed by atoms with Gasteiger partial charge in [-0.3, -0.25) is 0 Å². The minimum atomic E-state index is -4.79. The maximum atomic E-state index is 13.3. The van der Waals surface area contributed by atoms with Crippen molar-refractivity contribution in [2.24, 2.45) is 0 Å². The average Bonchev–Trinajstić information content (AvgIpc) is 2.14. The van der Waals surface area contributed by atoms with E-state index >= 15 is 0 Å². The SMILES string of the molecule is CN(C)c1ccc([C@@H](O)C(F)(F)F)cc1F. The van der Waals surface area contributed by atoms with Gasteiger partial charge in [-0.2, -0.15) is 13.2 Å². The van der Waals surface area contributed by atoms with E-state index in [-0.39, 0.29) is 5.69 Å². The van der Waals surface area contributed by atoms with E-state index in [0.717, 1.165) is 6.07 Å². The Bertz CT molecular complexity index is 376. The van der Waals surface area contributed by atoms with Gasteiger partial charge < -0.3 is 10.0 Å². The normalized spacial score (nSPS) is 13.7. The van der Waals surface area contributed by atoms with E-state index in [4.69, 9.17) is 5.11 Å². The van der Waals surface area contributed by atoms with Crippen LogP contribution < -0.4 is 4.90 Å². The van der Waals surface area contributed by atoms with Crippen LogP contribution in [0.15, 0.2) is 18.2 Å². The summed E-state index contributed by atoms with van der Waals surface area (Å²) in [6.07, 6.45) is -7.44. The van der Waals surface area contributed by atoms with Crippen LogP contribution in [-0.2, 0) is 0 Å². The minimum Gasteiger partial charge on any atom is -0.379 e. The van der Waals surface area contributed by atoms with Gasteiger partial charge in [0, 0.05) is 14.1 Å². The zero-order valence-corrected chi connectivity index (χ0v) is 8.72. The molecule has 0 saturated carbocycles. The summed E-state index contributed by atoms with van der Waals surface area (Å²) in [4.78, 5) is 1.43. The van der Waals surface area contributed by atoms with Crippen LogP contribution in [0.25, 0.3) is 0 Å². The topological polar surface area (TPSA) is 23.5 Å². The number of hydrogen-bond donors (Lipinski definition) is 1. The number of alkyl halides is 3. The second-order valence-electron chi connectivity index (χ2n) is 3.55. The van der Waals surface area contributed by atoms with Gasteiger partial charge in [0.15, 0.2) is 6.10 Å². The van der Waals surface area contributed by atoms with Crippen LogP contribution in [0.5, 0.6) is 0 Å². The molecule has 0 heterocycles. The summed E-state index contributed by atoms with van der Waals surface area (Å²) < 4.78 is 49.8. The second-order valence-corrected chi connectivity index (χ2v) is 3.55. The highest BCUT2D eigenvalue weighted by Gasteiger charge is 2.39. The van der Waals surface area contributed by atoms with Crippen molar-refractivity contribution < 1.29 is 22.7 Å². The number of rotatable bonds is 2. The van der Waals surface area contributed by atoms with E-state index in [1.807, 2.05) is 0 Å². The number of halogens is 4. The molecule has 0 spiro atoms. The summed E-state index contributed by atoms with van der Waals surface area (Å²) in [5, 5.41) is 8.91. The van der Waals surface area contributed by atoms with Gasteiger partial charge in [-0.15, -0.1) is 0 Å². The first-order chi connectivity index (χ1) is 7.23. The smallest absolute Gasteiger partial charge is 0.379 e. The molecule has 0 amide bonds. The molecule has 0 aliphatic rings. The van der Waals surface area contributed by atoms with Gasteiger partial charge in [-0.25, -0.2) is 4.39 Å². The molecule has 2 nitrogen and oxygen atoms in total. The molecule has 6 heteroatoms. The molecule has 1 rings (SSSR count). The predicted molar refractivity (Wildman–Crippen MR) is 51.7 cm³/mol. The third-order valence-corrected chi connectivity index (χ3v) is 2.08. The zero-order valence-electron chi connectivity index (χ0n) is 8.72. The summed E-state index contributed by atoms with van der Waals surface area (Å²) >= 11 is 0. The Morgan fingerprint density at radius 2 is 1.81 bits per heavy atom. The molecule has 0 unspecified atom stereocenters. The molecule has 1 atom stereocenters. The molecule has 0 aliphatic carbocycles. The average molecular weight is 237 g/mol. The molecule has 0 radical (unpaired) electrons. The van der Waals surface area contributed by atoms with Gasteiger partial charge in [0.2, 0.25) is 0 Å². The molecule has 1 N–H and O–H groups in total. The van der Waals surface area contributed by atoms with Gasteiger partial charge in [0.25, 0.3) is 0 Å². The number of aliphatic hydroxyl groups is 1. The third-order valence-electron chi connectivity index (χ3n) is 2.08. The maximum Gasteiger partial charge on any atom is 0.418 e. The second kappa shape index (κ2) is 4.29. The van der Waals surface area contributed by atoms with Crippen LogP contribution in [0.2, 0.25) is 0 Å². The van der Waals surface area contributed by atoms with Crippen molar-refractivity contribution >= 4 is 5.69 Å². The summed E-state index contributed by atoms with van der Waals surface area (Å²) in [5.41, 5.74) is -0.339. The van der Waals surface area contributed by atoms with Crippen molar-refractivity contribution in [2.45, 2.75) is 12.3 Å². The van der Waals surface area contributed by atoms with Crippen LogP contribution >= 0.6 is 0 Å². The van der Waals surface area contributed by atoms with E-state index in [0.29, 0.717) is 6.07 Å². The third kappa shape index (κ3) is 2.63. The van der Waals surface area contributed by atoms with Gasteiger partial charge >= 0.3 is 6.18 Å². The first-order valence-electron chi connectivity index (χ1n) is 4.45. The Balaban J connectivity index is 3.07. The Morgan fingerprint density at radius 1 is 1.25 bits per heavy atom. The summed E-state index contributed by atoms with van der Waals surface area (Å²) in [6, 6.07) is 2.93. The van der Waals surface area contributed by atoms with Crippen LogP contribution in [0, 0.1) is 5.82 Å². The van der Waals surface area contributed by atoms with Gasteiger partial charge in [0.1, 0.15) is 5.82 Å². The molecule has 16 heavy (non-hydrogen) atoms. The highest BCUT2D eigenvalue weighted by molar-refractivity contribution is 5.48. The molecular weight excluding hydrogens is 226 g/mol. The number of benzene rings is 1. The fourth-order valence-electron chi connectivity index (χ4n) is 1.24. The van der Waals surface area contributed by atoms with E-state index in [1.165, 1.54) is 11.0 Å². The molecule has 0 aromatic heterocycles. The monoisotopic (exact) mass is 237 g/mol. The lowest BCUT2D eigenvalue weighted by Crippen LogP contribution is -2.20. The van der Waals surface area contributed by atoms with Crippen LogP contribution in [-0.4, -0.2) is 25.4 Å². The lowest BCUT2D eigenvalue weighted by atomic mass is 10.1. The summed E-state index contributed by atoms with van der Waals surface area (Å²) in [5.74, 6) is -0.800. The molecule has 0 fully saturated rings. The maximum absolute atomic E-state index is 13.3. The Morgan fingerprint density at radius 3 is 2.19 bits per heavy atom. The first-order valence-corrected chi connectivity index (χ1v) is 4.45. The minimum absolute atomic E-state index is 0.165. The van der Waals surface area contributed by atoms with Crippen molar-refractivity contribution in [1.82, 2.24) is 0 Å². The number of aliphatic hydroxyl groups excluding tert-OH is 1. The Labute approximate surface area is 90.1 Å². The summed E-state index contributed by atoms with van der Waals surface area (Å²) in [6.45, 7) is 0.